The second kappa shape index (κ2) is 5.55. The molecule has 0 unspecified atom stereocenters. The fraction of sp³-hybridized carbons (Fsp3) is 0.500. The predicted molar refractivity (Wildman–Crippen MR) is 70.0 cm³/mol. The number of carbonyl (C=O) groups excluding carboxylic acids is 1. The Labute approximate surface area is 111 Å². The van der Waals surface area contributed by atoms with Gasteiger partial charge in [-0.15, -0.1) is 0 Å². The highest BCUT2D eigenvalue weighted by Crippen LogP contribution is 2.24. The number of piperazine rings is 1. The summed E-state index contributed by atoms with van der Waals surface area (Å²) in [6, 6.07) is 3.86. The van der Waals surface area contributed by atoms with E-state index >= 15 is 0 Å². The molecule has 1 heterocycles. The van der Waals surface area contributed by atoms with Gasteiger partial charge in [0.1, 0.15) is 17.3 Å². The first-order valence-corrected chi connectivity index (χ1v) is 6.48. The number of nitrogens with zero attached hydrogens (tertiary/aromatic N) is 2. The lowest BCUT2D eigenvalue weighted by Gasteiger charge is -2.37. The molecule has 0 aromatic heterocycles. The minimum Gasteiger partial charge on any atom is -0.363 e. The summed E-state index contributed by atoms with van der Waals surface area (Å²) in [4.78, 5) is 15.2. The lowest BCUT2D eigenvalue weighted by molar-refractivity contribution is -0.134. The Morgan fingerprint density at radius 1 is 1.11 bits per heavy atom. The fourth-order valence-corrected chi connectivity index (χ4v) is 2.31. The van der Waals surface area contributed by atoms with Crippen molar-refractivity contribution < 1.29 is 13.6 Å². The number of rotatable bonds is 2. The summed E-state index contributed by atoms with van der Waals surface area (Å²) in [6.07, 6.45) is 0. The molecule has 104 valence electrons. The van der Waals surface area contributed by atoms with Crippen molar-refractivity contribution in [2.75, 3.05) is 31.1 Å². The molecular weight excluding hydrogens is 250 g/mol. The van der Waals surface area contributed by atoms with Crippen LogP contribution in [-0.4, -0.2) is 37.0 Å². The molecule has 0 spiro atoms. The topological polar surface area (TPSA) is 23.6 Å². The first-order valence-electron chi connectivity index (χ1n) is 6.48. The van der Waals surface area contributed by atoms with Crippen LogP contribution < -0.4 is 4.90 Å². The second-order valence-electron chi connectivity index (χ2n) is 5.04. The van der Waals surface area contributed by atoms with Crippen LogP contribution >= 0.6 is 0 Å². The largest absolute Gasteiger partial charge is 0.363 e. The molecule has 1 aliphatic heterocycles. The minimum absolute atomic E-state index is 0.0131. The SMILES string of the molecule is CC(C)C(=O)N1CCN(c2c(F)cccc2F)CC1. The van der Waals surface area contributed by atoms with Crippen LogP contribution in [0.4, 0.5) is 14.5 Å². The van der Waals surface area contributed by atoms with E-state index in [9.17, 15) is 13.6 Å². The van der Waals surface area contributed by atoms with Crippen LogP contribution in [0.5, 0.6) is 0 Å². The van der Waals surface area contributed by atoms with Gasteiger partial charge in [0.25, 0.3) is 0 Å². The van der Waals surface area contributed by atoms with E-state index in [1.54, 1.807) is 9.80 Å². The van der Waals surface area contributed by atoms with Gasteiger partial charge in [0.2, 0.25) is 5.91 Å². The number of anilines is 1. The molecule has 0 bridgehead atoms. The second-order valence-corrected chi connectivity index (χ2v) is 5.04. The maximum Gasteiger partial charge on any atom is 0.225 e. The predicted octanol–water partition coefficient (Wildman–Crippen LogP) is 2.27. The van der Waals surface area contributed by atoms with Gasteiger partial charge in [-0.3, -0.25) is 4.79 Å². The van der Waals surface area contributed by atoms with Gasteiger partial charge in [0.05, 0.1) is 0 Å². The van der Waals surface area contributed by atoms with Gasteiger partial charge >= 0.3 is 0 Å². The van der Waals surface area contributed by atoms with Crippen molar-refractivity contribution in [2.45, 2.75) is 13.8 Å². The van der Waals surface area contributed by atoms with E-state index in [0.29, 0.717) is 26.2 Å². The third kappa shape index (κ3) is 2.85. The van der Waals surface area contributed by atoms with Crippen molar-refractivity contribution in [3.8, 4) is 0 Å². The average molecular weight is 268 g/mol. The van der Waals surface area contributed by atoms with Gasteiger partial charge in [-0.1, -0.05) is 19.9 Å². The molecule has 1 fully saturated rings. The zero-order chi connectivity index (χ0) is 14.0. The van der Waals surface area contributed by atoms with Gasteiger partial charge in [0.15, 0.2) is 0 Å². The number of halogens is 2. The van der Waals surface area contributed by atoms with Crippen molar-refractivity contribution in [2.24, 2.45) is 5.92 Å². The molecule has 1 aromatic carbocycles. The molecule has 1 amide bonds. The Bertz CT molecular complexity index is 448. The molecule has 1 saturated heterocycles. The van der Waals surface area contributed by atoms with Crippen LogP contribution in [0.25, 0.3) is 0 Å². The molecule has 0 radical (unpaired) electrons. The maximum atomic E-state index is 13.7. The van der Waals surface area contributed by atoms with Gasteiger partial charge < -0.3 is 9.80 Å². The summed E-state index contributed by atoms with van der Waals surface area (Å²) >= 11 is 0. The van der Waals surface area contributed by atoms with E-state index in [4.69, 9.17) is 0 Å². The zero-order valence-electron chi connectivity index (χ0n) is 11.2. The maximum absolute atomic E-state index is 13.7. The highest BCUT2D eigenvalue weighted by molar-refractivity contribution is 5.78. The van der Waals surface area contributed by atoms with E-state index in [1.165, 1.54) is 18.2 Å². The summed E-state index contributed by atoms with van der Waals surface area (Å²) in [5.41, 5.74) is 0.0131. The van der Waals surface area contributed by atoms with Gasteiger partial charge in [-0.05, 0) is 12.1 Å². The summed E-state index contributed by atoms with van der Waals surface area (Å²) in [5, 5.41) is 0. The minimum atomic E-state index is -0.552. The summed E-state index contributed by atoms with van der Waals surface area (Å²) in [5.74, 6) is -1.06. The Hall–Kier alpha value is -1.65. The molecule has 0 saturated carbocycles. The highest BCUT2D eigenvalue weighted by Gasteiger charge is 2.25. The average Bonchev–Trinajstić information content (AvgIpc) is 2.38. The van der Waals surface area contributed by atoms with Crippen LogP contribution in [0.1, 0.15) is 13.8 Å². The number of carbonyl (C=O) groups is 1. The molecule has 0 atom stereocenters. The zero-order valence-corrected chi connectivity index (χ0v) is 11.2. The third-order valence-electron chi connectivity index (χ3n) is 3.34. The van der Waals surface area contributed by atoms with Crippen molar-refractivity contribution in [1.82, 2.24) is 4.90 Å². The van der Waals surface area contributed by atoms with Gasteiger partial charge in [0, 0.05) is 32.1 Å². The molecular formula is C14H18F2N2O. The van der Waals surface area contributed by atoms with Gasteiger partial charge in [-0.25, -0.2) is 8.78 Å². The molecule has 1 aliphatic rings. The first-order chi connectivity index (χ1) is 9.00. The smallest absolute Gasteiger partial charge is 0.225 e. The summed E-state index contributed by atoms with van der Waals surface area (Å²) in [6.45, 7) is 5.62. The van der Waals surface area contributed by atoms with E-state index in [1.807, 2.05) is 13.8 Å². The quantitative estimate of drug-likeness (QED) is 0.821. The lowest BCUT2D eigenvalue weighted by atomic mass is 10.1. The summed E-state index contributed by atoms with van der Waals surface area (Å²) < 4.78 is 27.3. The monoisotopic (exact) mass is 268 g/mol. The van der Waals surface area contributed by atoms with Crippen LogP contribution in [0, 0.1) is 17.6 Å². The molecule has 2 rings (SSSR count). The first kappa shape index (κ1) is 13.8. The highest BCUT2D eigenvalue weighted by atomic mass is 19.1. The van der Waals surface area contributed by atoms with Crippen molar-refractivity contribution in [3.63, 3.8) is 0 Å². The van der Waals surface area contributed by atoms with Crippen LogP contribution in [0.15, 0.2) is 18.2 Å². The van der Waals surface area contributed by atoms with Crippen molar-refractivity contribution >= 4 is 11.6 Å². The molecule has 19 heavy (non-hydrogen) atoms. The Kier molecular flexibility index (Phi) is 4.02. The Morgan fingerprint density at radius 3 is 2.11 bits per heavy atom. The van der Waals surface area contributed by atoms with Crippen LogP contribution in [0.3, 0.4) is 0 Å². The molecule has 3 nitrogen and oxygen atoms in total. The van der Waals surface area contributed by atoms with Crippen LogP contribution in [-0.2, 0) is 4.79 Å². The summed E-state index contributed by atoms with van der Waals surface area (Å²) in [7, 11) is 0. The van der Waals surface area contributed by atoms with Crippen molar-refractivity contribution in [1.29, 1.82) is 0 Å². The molecule has 5 heteroatoms. The van der Waals surface area contributed by atoms with E-state index < -0.39 is 11.6 Å². The number of hydrogen-bond donors (Lipinski definition) is 0. The van der Waals surface area contributed by atoms with Gasteiger partial charge in [-0.2, -0.15) is 0 Å². The fourth-order valence-electron chi connectivity index (χ4n) is 2.31. The molecule has 0 N–H and O–H groups in total. The van der Waals surface area contributed by atoms with E-state index in [0.717, 1.165) is 0 Å². The number of para-hydroxylation sites is 1. The Balaban J connectivity index is 2.06. The molecule has 1 aromatic rings. The number of amides is 1. The lowest BCUT2D eigenvalue weighted by Crippen LogP contribution is -2.50. The Morgan fingerprint density at radius 2 is 1.63 bits per heavy atom. The molecule has 0 aliphatic carbocycles. The van der Waals surface area contributed by atoms with E-state index in [-0.39, 0.29) is 17.5 Å². The third-order valence-corrected chi connectivity index (χ3v) is 3.34. The normalized spacial score (nSPS) is 16.1. The van der Waals surface area contributed by atoms with Crippen LogP contribution in [0.2, 0.25) is 0 Å². The number of hydrogen-bond acceptors (Lipinski definition) is 2. The van der Waals surface area contributed by atoms with Crippen molar-refractivity contribution in [3.05, 3.63) is 29.8 Å². The number of benzene rings is 1. The van der Waals surface area contributed by atoms with E-state index in [2.05, 4.69) is 0 Å². The standard InChI is InChI=1S/C14H18F2N2O/c1-10(2)14(19)18-8-6-17(7-9-18)13-11(15)4-3-5-12(13)16/h3-5,10H,6-9H2,1-2H3.